The van der Waals surface area contributed by atoms with Crippen molar-refractivity contribution >= 4 is 43.0 Å². The van der Waals surface area contributed by atoms with Gasteiger partial charge in [0.25, 0.3) is 0 Å². The van der Waals surface area contributed by atoms with E-state index in [-0.39, 0.29) is 5.75 Å². The first-order valence-electron chi connectivity index (χ1n) is 7.11. The van der Waals surface area contributed by atoms with Gasteiger partial charge in [0.05, 0.1) is 5.75 Å². The fourth-order valence-electron chi connectivity index (χ4n) is 1.92. The molecule has 0 aliphatic heterocycles. The molecule has 4 nitrogen and oxygen atoms in total. The molecule has 22 heavy (non-hydrogen) atoms. The molecule has 2 N–H and O–H groups in total. The molecule has 0 atom stereocenters. The summed E-state index contributed by atoms with van der Waals surface area (Å²) in [5, 5.41) is 3.26. The van der Waals surface area contributed by atoms with Gasteiger partial charge in [-0.1, -0.05) is 35.3 Å². The number of hydrogen-bond donors (Lipinski definition) is 2. The molecule has 0 aliphatic carbocycles. The number of unbranched alkanes of at least 4 members (excludes halogenated alkanes) is 1. The van der Waals surface area contributed by atoms with Gasteiger partial charge in [-0.3, -0.25) is 4.72 Å². The molecule has 0 aromatic heterocycles. The van der Waals surface area contributed by atoms with Crippen LogP contribution in [0.1, 0.15) is 19.8 Å². The van der Waals surface area contributed by atoms with E-state index in [9.17, 15) is 8.42 Å². The maximum Gasteiger partial charge on any atom is 0.232 e. The zero-order valence-corrected chi connectivity index (χ0v) is 14.7. The molecule has 0 unspecified atom stereocenters. The maximum absolute atomic E-state index is 11.8. The number of nitrogens with one attached hydrogen (secondary N) is 2. The lowest BCUT2D eigenvalue weighted by molar-refractivity contribution is 0.598. The summed E-state index contributed by atoms with van der Waals surface area (Å²) in [6.45, 7) is 1.97. The van der Waals surface area contributed by atoms with E-state index in [2.05, 4.69) is 26.0 Å². The first-order chi connectivity index (χ1) is 10.5. The van der Waals surface area contributed by atoms with Gasteiger partial charge in [-0.2, -0.15) is 0 Å². The summed E-state index contributed by atoms with van der Waals surface area (Å²) in [4.78, 5) is 0. The maximum atomic E-state index is 11.8. The molecule has 0 bridgehead atoms. The lowest BCUT2D eigenvalue weighted by Gasteiger charge is -2.10. The Morgan fingerprint density at radius 3 is 2.32 bits per heavy atom. The van der Waals surface area contributed by atoms with Crippen LogP contribution in [0.2, 0.25) is 0 Å². The summed E-state index contributed by atoms with van der Waals surface area (Å²) in [6, 6.07) is 15.0. The molecule has 2 aromatic carbocycles. The number of halogens is 1. The zero-order valence-electron chi connectivity index (χ0n) is 12.3. The Balaban J connectivity index is 2.01. The van der Waals surface area contributed by atoms with E-state index in [1.807, 2.05) is 43.3 Å². The van der Waals surface area contributed by atoms with Crippen LogP contribution < -0.4 is 10.0 Å². The molecule has 0 saturated carbocycles. The molecular formula is C16H19BrN2O2S. The van der Waals surface area contributed by atoms with Gasteiger partial charge in [0.2, 0.25) is 10.0 Å². The molecule has 2 aromatic rings. The number of rotatable bonds is 7. The lowest BCUT2D eigenvalue weighted by Crippen LogP contribution is -2.16. The predicted molar refractivity (Wildman–Crippen MR) is 96.2 cm³/mol. The molecule has 0 amide bonds. The highest BCUT2D eigenvalue weighted by Crippen LogP contribution is 2.22. The first-order valence-corrected chi connectivity index (χ1v) is 9.56. The molecule has 0 heterocycles. The highest BCUT2D eigenvalue weighted by atomic mass is 79.9. The SMILES string of the molecule is CCCCS(=O)(=O)Nc1ccc(Nc2cccc(Br)c2)cc1. The van der Waals surface area contributed by atoms with Crippen molar-refractivity contribution in [1.82, 2.24) is 0 Å². The van der Waals surface area contributed by atoms with Crippen LogP contribution in [0, 0.1) is 0 Å². The van der Waals surface area contributed by atoms with E-state index in [0.717, 1.165) is 22.3 Å². The summed E-state index contributed by atoms with van der Waals surface area (Å²) in [7, 11) is -3.25. The van der Waals surface area contributed by atoms with Crippen molar-refractivity contribution in [2.45, 2.75) is 19.8 Å². The minimum atomic E-state index is -3.25. The van der Waals surface area contributed by atoms with Crippen LogP contribution in [-0.4, -0.2) is 14.2 Å². The number of hydrogen-bond acceptors (Lipinski definition) is 3. The average Bonchev–Trinajstić information content (AvgIpc) is 2.47. The summed E-state index contributed by atoms with van der Waals surface area (Å²) in [6.07, 6.45) is 1.52. The Morgan fingerprint density at radius 2 is 1.68 bits per heavy atom. The van der Waals surface area contributed by atoms with Crippen LogP contribution in [-0.2, 0) is 10.0 Å². The molecule has 0 radical (unpaired) electrons. The van der Waals surface area contributed by atoms with Crippen LogP contribution >= 0.6 is 15.9 Å². The molecule has 118 valence electrons. The van der Waals surface area contributed by atoms with Crippen molar-refractivity contribution < 1.29 is 8.42 Å². The van der Waals surface area contributed by atoms with E-state index in [1.54, 1.807) is 12.1 Å². The fourth-order valence-corrected chi connectivity index (χ4v) is 3.58. The van der Waals surface area contributed by atoms with E-state index < -0.39 is 10.0 Å². The lowest BCUT2D eigenvalue weighted by atomic mass is 10.2. The van der Waals surface area contributed by atoms with E-state index in [1.165, 1.54) is 0 Å². The highest BCUT2D eigenvalue weighted by molar-refractivity contribution is 9.10. The second-order valence-corrected chi connectivity index (χ2v) is 7.74. The Bertz CT molecular complexity index is 715. The van der Waals surface area contributed by atoms with Gasteiger partial charge >= 0.3 is 0 Å². The molecule has 0 spiro atoms. The summed E-state index contributed by atoms with van der Waals surface area (Å²) >= 11 is 3.42. The largest absolute Gasteiger partial charge is 0.355 e. The van der Waals surface area contributed by atoms with Crippen molar-refractivity contribution in [3.63, 3.8) is 0 Å². The van der Waals surface area contributed by atoms with Crippen LogP contribution in [0.25, 0.3) is 0 Å². The van der Waals surface area contributed by atoms with Crippen LogP contribution in [0.4, 0.5) is 17.1 Å². The third kappa shape index (κ3) is 5.35. The Morgan fingerprint density at radius 1 is 1.00 bits per heavy atom. The van der Waals surface area contributed by atoms with E-state index in [0.29, 0.717) is 12.1 Å². The van der Waals surface area contributed by atoms with Crippen LogP contribution in [0.3, 0.4) is 0 Å². The number of benzene rings is 2. The second-order valence-electron chi connectivity index (χ2n) is 4.99. The second kappa shape index (κ2) is 7.65. The zero-order chi connectivity index (χ0) is 16.0. The summed E-state index contributed by atoms with van der Waals surface area (Å²) in [5.74, 6) is 0.154. The topological polar surface area (TPSA) is 58.2 Å². The first kappa shape index (κ1) is 16.8. The minimum absolute atomic E-state index is 0.154. The molecule has 0 fully saturated rings. The smallest absolute Gasteiger partial charge is 0.232 e. The van der Waals surface area contributed by atoms with Gasteiger partial charge in [-0.25, -0.2) is 8.42 Å². The summed E-state index contributed by atoms with van der Waals surface area (Å²) in [5.41, 5.74) is 2.44. The summed E-state index contributed by atoms with van der Waals surface area (Å²) < 4.78 is 27.3. The number of sulfonamides is 1. The van der Waals surface area contributed by atoms with Gasteiger partial charge in [0.1, 0.15) is 0 Å². The quantitative estimate of drug-likeness (QED) is 0.727. The monoisotopic (exact) mass is 382 g/mol. The van der Waals surface area contributed by atoms with Crippen molar-refractivity contribution in [2.24, 2.45) is 0 Å². The molecule has 0 aliphatic rings. The van der Waals surface area contributed by atoms with Gasteiger partial charge in [-0.15, -0.1) is 0 Å². The van der Waals surface area contributed by atoms with Crippen molar-refractivity contribution in [1.29, 1.82) is 0 Å². The van der Waals surface area contributed by atoms with Gasteiger partial charge < -0.3 is 5.32 Å². The highest BCUT2D eigenvalue weighted by Gasteiger charge is 2.09. The van der Waals surface area contributed by atoms with E-state index in [4.69, 9.17) is 0 Å². The third-order valence-corrected chi connectivity index (χ3v) is 4.90. The van der Waals surface area contributed by atoms with Gasteiger partial charge in [0.15, 0.2) is 0 Å². The average molecular weight is 383 g/mol. The predicted octanol–water partition coefficient (Wildman–Crippen LogP) is 4.73. The fraction of sp³-hybridized carbons (Fsp3) is 0.250. The standard InChI is InChI=1S/C16H19BrN2O2S/c1-2-3-11-22(20,21)19-15-9-7-14(8-10-15)18-16-6-4-5-13(17)12-16/h4-10,12,18-19H,2-3,11H2,1H3. The minimum Gasteiger partial charge on any atom is -0.355 e. The Labute approximate surface area is 140 Å². The van der Waals surface area contributed by atoms with Gasteiger partial charge in [0, 0.05) is 21.5 Å². The number of anilines is 3. The molecule has 2 rings (SSSR count). The van der Waals surface area contributed by atoms with Crippen LogP contribution in [0.5, 0.6) is 0 Å². The van der Waals surface area contributed by atoms with Crippen molar-refractivity contribution in [3.8, 4) is 0 Å². The van der Waals surface area contributed by atoms with Crippen molar-refractivity contribution in [2.75, 3.05) is 15.8 Å². The third-order valence-electron chi connectivity index (χ3n) is 3.04. The molecular weight excluding hydrogens is 364 g/mol. The normalized spacial score (nSPS) is 11.2. The van der Waals surface area contributed by atoms with Gasteiger partial charge in [-0.05, 0) is 48.9 Å². The van der Waals surface area contributed by atoms with E-state index >= 15 is 0 Å². The molecule has 6 heteroatoms. The Kier molecular flexibility index (Phi) is 5.85. The van der Waals surface area contributed by atoms with Crippen LogP contribution in [0.15, 0.2) is 53.0 Å². The van der Waals surface area contributed by atoms with Crippen molar-refractivity contribution in [3.05, 3.63) is 53.0 Å². The molecule has 0 saturated heterocycles. The Hall–Kier alpha value is -1.53.